The van der Waals surface area contributed by atoms with Gasteiger partial charge in [-0.2, -0.15) is 0 Å². The van der Waals surface area contributed by atoms with Crippen LogP contribution >= 0.6 is 11.6 Å². The van der Waals surface area contributed by atoms with E-state index >= 15 is 0 Å². The number of halogens is 2. The van der Waals surface area contributed by atoms with E-state index in [0.29, 0.717) is 30.2 Å². The normalized spacial score (nSPS) is 21.1. The van der Waals surface area contributed by atoms with Gasteiger partial charge in [0, 0.05) is 16.5 Å². The molecule has 0 aliphatic heterocycles. The predicted octanol–water partition coefficient (Wildman–Crippen LogP) is 3.54. The van der Waals surface area contributed by atoms with Crippen molar-refractivity contribution in [1.29, 1.82) is 0 Å². The lowest BCUT2D eigenvalue weighted by Gasteiger charge is -2.10. The van der Waals surface area contributed by atoms with E-state index in [1.807, 2.05) is 0 Å². The summed E-state index contributed by atoms with van der Waals surface area (Å²) < 4.78 is 24.4. The van der Waals surface area contributed by atoms with Crippen LogP contribution in [0.15, 0.2) is 12.1 Å². The highest BCUT2D eigenvalue weighted by Gasteiger charge is 2.47. The third-order valence-corrected chi connectivity index (χ3v) is 3.47. The molecule has 1 saturated carbocycles. The standard InChI is InChI=1S/C14H16ClFO3/c1-3-18-11-6-5-10(15)12(13(11)16)8-7-9(8)14(17)19-4-2/h5-6,8-9H,3-4,7H2,1-2H3/t8-,9+/m0/s1. The van der Waals surface area contributed by atoms with Gasteiger partial charge >= 0.3 is 5.97 Å². The second-order valence-corrected chi connectivity index (χ2v) is 4.81. The van der Waals surface area contributed by atoms with Crippen LogP contribution in [0.25, 0.3) is 0 Å². The summed E-state index contributed by atoms with van der Waals surface area (Å²) in [5.41, 5.74) is 0.366. The molecular weight excluding hydrogens is 271 g/mol. The van der Waals surface area contributed by atoms with Gasteiger partial charge in [0.25, 0.3) is 0 Å². The minimum atomic E-state index is -0.467. The Labute approximate surface area is 116 Å². The van der Waals surface area contributed by atoms with Gasteiger partial charge in [-0.3, -0.25) is 4.79 Å². The molecule has 0 radical (unpaired) electrons. The van der Waals surface area contributed by atoms with Crippen LogP contribution in [0.4, 0.5) is 4.39 Å². The number of hydrogen-bond donors (Lipinski definition) is 0. The van der Waals surface area contributed by atoms with Gasteiger partial charge in [-0.25, -0.2) is 4.39 Å². The average Bonchev–Trinajstić information content (AvgIpc) is 3.14. The van der Waals surface area contributed by atoms with Crippen LogP contribution in [0.1, 0.15) is 31.7 Å². The van der Waals surface area contributed by atoms with Crippen molar-refractivity contribution < 1.29 is 18.7 Å². The molecule has 1 aliphatic carbocycles. The number of ether oxygens (including phenoxy) is 2. The fourth-order valence-corrected chi connectivity index (χ4v) is 2.47. The molecule has 5 heteroatoms. The molecule has 1 aromatic rings. The molecule has 0 saturated heterocycles. The van der Waals surface area contributed by atoms with Gasteiger partial charge < -0.3 is 9.47 Å². The molecule has 0 unspecified atom stereocenters. The van der Waals surface area contributed by atoms with E-state index in [2.05, 4.69) is 0 Å². The molecule has 0 spiro atoms. The van der Waals surface area contributed by atoms with E-state index < -0.39 is 5.82 Å². The van der Waals surface area contributed by atoms with Crippen molar-refractivity contribution >= 4 is 17.6 Å². The zero-order chi connectivity index (χ0) is 14.0. The van der Waals surface area contributed by atoms with Gasteiger partial charge in [-0.15, -0.1) is 0 Å². The summed E-state index contributed by atoms with van der Waals surface area (Å²) in [6.45, 7) is 4.24. The maximum atomic E-state index is 14.3. The summed E-state index contributed by atoms with van der Waals surface area (Å²) >= 11 is 6.04. The van der Waals surface area contributed by atoms with E-state index in [0.717, 1.165) is 0 Å². The Kier molecular flexibility index (Phi) is 4.30. The van der Waals surface area contributed by atoms with Crippen molar-refractivity contribution in [3.8, 4) is 5.75 Å². The van der Waals surface area contributed by atoms with Crippen LogP contribution in [-0.2, 0) is 9.53 Å². The Morgan fingerprint density at radius 3 is 2.79 bits per heavy atom. The van der Waals surface area contributed by atoms with Crippen molar-refractivity contribution in [2.45, 2.75) is 26.2 Å². The number of rotatable bonds is 5. The zero-order valence-electron chi connectivity index (χ0n) is 10.9. The summed E-state index contributed by atoms with van der Waals surface area (Å²) in [6.07, 6.45) is 0.574. The molecule has 1 fully saturated rings. The highest BCUT2D eigenvalue weighted by molar-refractivity contribution is 6.31. The van der Waals surface area contributed by atoms with Gasteiger partial charge in [0.05, 0.1) is 19.1 Å². The average molecular weight is 287 g/mol. The molecule has 104 valence electrons. The topological polar surface area (TPSA) is 35.5 Å². The van der Waals surface area contributed by atoms with Gasteiger partial charge in [0.15, 0.2) is 11.6 Å². The van der Waals surface area contributed by atoms with Crippen molar-refractivity contribution in [3.05, 3.63) is 28.5 Å². The van der Waals surface area contributed by atoms with E-state index in [1.165, 1.54) is 6.07 Å². The molecule has 0 bridgehead atoms. The highest BCUT2D eigenvalue weighted by Crippen LogP contribution is 2.52. The molecule has 0 heterocycles. The van der Waals surface area contributed by atoms with Crippen molar-refractivity contribution in [2.75, 3.05) is 13.2 Å². The van der Waals surface area contributed by atoms with Crippen molar-refractivity contribution in [1.82, 2.24) is 0 Å². The Morgan fingerprint density at radius 1 is 1.42 bits per heavy atom. The Balaban J connectivity index is 2.22. The fourth-order valence-electron chi connectivity index (χ4n) is 2.18. The van der Waals surface area contributed by atoms with Crippen LogP contribution in [0, 0.1) is 11.7 Å². The number of hydrogen-bond acceptors (Lipinski definition) is 3. The van der Waals surface area contributed by atoms with Crippen LogP contribution in [0.3, 0.4) is 0 Å². The molecule has 19 heavy (non-hydrogen) atoms. The number of carbonyl (C=O) groups excluding carboxylic acids is 1. The molecule has 1 aliphatic rings. The van der Waals surface area contributed by atoms with E-state index in [9.17, 15) is 9.18 Å². The summed E-state index contributed by atoms with van der Waals surface area (Å²) in [7, 11) is 0. The molecule has 0 N–H and O–H groups in total. The molecule has 2 atom stereocenters. The Bertz CT molecular complexity index is 490. The highest BCUT2D eigenvalue weighted by atomic mass is 35.5. The minimum Gasteiger partial charge on any atom is -0.491 e. The number of carbonyl (C=O) groups is 1. The first-order chi connectivity index (χ1) is 9.10. The lowest BCUT2D eigenvalue weighted by molar-refractivity contribution is -0.144. The molecule has 1 aromatic carbocycles. The van der Waals surface area contributed by atoms with E-state index in [4.69, 9.17) is 21.1 Å². The first-order valence-corrected chi connectivity index (χ1v) is 6.75. The monoisotopic (exact) mass is 286 g/mol. The van der Waals surface area contributed by atoms with Gasteiger partial charge in [-0.1, -0.05) is 11.6 Å². The lowest BCUT2D eigenvalue weighted by Crippen LogP contribution is -2.08. The fraction of sp³-hybridized carbons (Fsp3) is 0.500. The quantitative estimate of drug-likeness (QED) is 0.777. The first-order valence-electron chi connectivity index (χ1n) is 6.37. The summed E-state index contributed by atoms with van der Waals surface area (Å²) in [5.74, 6) is -1.07. The lowest BCUT2D eigenvalue weighted by atomic mass is 10.1. The maximum Gasteiger partial charge on any atom is 0.309 e. The summed E-state index contributed by atoms with van der Waals surface area (Å²) in [4.78, 5) is 11.6. The minimum absolute atomic E-state index is 0.177. The van der Waals surface area contributed by atoms with E-state index in [1.54, 1.807) is 19.9 Å². The van der Waals surface area contributed by atoms with Gasteiger partial charge in [-0.05, 0) is 32.4 Å². The Morgan fingerprint density at radius 2 is 2.16 bits per heavy atom. The third kappa shape index (κ3) is 2.84. The first kappa shape index (κ1) is 14.1. The largest absolute Gasteiger partial charge is 0.491 e. The number of esters is 1. The second kappa shape index (κ2) is 5.78. The Hall–Kier alpha value is -1.29. The van der Waals surface area contributed by atoms with Crippen molar-refractivity contribution in [2.24, 2.45) is 5.92 Å². The predicted molar refractivity (Wildman–Crippen MR) is 70.1 cm³/mol. The molecule has 2 rings (SSSR count). The van der Waals surface area contributed by atoms with Crippen LogP contribution < -0.4 is 4.74 Å². The maximum absolute atomic E-state index is 14.3. The van der Waals surface area contributed by atoms with Crippen LogP contribution in [0.5, 0.6) is 5.75 Å². The summed E-state index contributed by atoms with van der Waals surface area (Å²) in [5, 5.41) is 0.331. The SMILES string of the molecule is CCOC(=O)[C@@H]1C[C@@H]1c1c(Cl)ccc(OCC)c1F. The van der Waals surface area contributed by atoms with Gasteiger partial charge in [0.1, 0.15) is 0 Å². The molecule has 0 aromatic heterocycles. The zero-order valence-corrected chi connectivity index (χ0v) is 11.7. The third-order valence-electron chi connectivity index (χ3n) is 3.14. The smallest absolute Gasteiger partial charge is 0.309 e. The molecule has 0 amide bonds. The second-order valence-electron chi connectivity index (χ2n) is 4.41. The number of benzene rings is 1. The summed E-state index contributed by atoms with van der Waals surface area (Å²) in [6, 6.07) is 3.11. The van der Waals surface area contributed by atoms with Gasteiger partial charge in [0.2, 0.25) is 0 Å². The molecule has 3 nitrogen and oxygen atoms in total. The molecular formula is C14H16ClFO3. The van der Waals surface area contributed by atoms with E-state index in [-0.39, 0.29) is 23.6 Å². The van der Waals surface area contributed by atoms with Crippen LogP contribution in [-0.4, -0.2) is 19.2 Å². The van der Waals surface area contributed by atoms with Crippen LogP contribution in [0.2, 0.25) is 5.02 Å². The van der Waals surface area contributed by atoms with Crippen molar-refractivity contribution in [3.63, 3.8) is 0 Å².